The minimum absolute atomic E-state index is 0.178. The lowest BCUT2D eigenvalue weighted by Gasteiger charge is -2.05. The number of rotatable bonds is 2. The molecule has 0 aromatic heterocycles. The molecule has 0 heterocycles. The zero-order valence-electron chi connectivity index (χ0n) is 6.44. The lowest BCUT2D eigenvalue weighted by Crippen LogP contribution is -2.21. The molecule has 0 radical (unpaired) electrons. The van der Waals surface area contributed by atoms with E-state index in [2.05, 4.69) is 4.65 Å². The monoisotopic (exact) mass is 181 g/mol. The minimum Gasteiger partial charge on any atom is -0.510 e. The molecule has 0 amide bonds. The summed E-state index contributed by atoms with van der Waals surface area (Å²) in [7, 11) is -2.09. The maximum Gasteiger partial charge on any atom is 0.707 e. The topological polar surface area (TPSA) is 73.5 Å². The predicted molar refractivity (Wildman–Crippen MR) is 41.9 cm³/mol. The van der Waals surface area contributed by atoms with Crippen molar-refractivity contribution in [1.29, 1.82) is 5.26 Å². The average molecular weight is 181 g/mol. The largest absolute Gasteiger partial charge is 0.707 e. The second-order valence-electron chi connectivity index (χ2n) is 2.20. The van der Waals surface area contributed by atoms with Gasteiger partial charge in [0.05, 0.1) is 11.6 Å². The molecule has 13 heavy (non-hydrogen) atoms. The van der Waals surface area contributed by atoms with Gasteiger partial charge in [-0.3, -0.25) is 0 Å². The summed E-state index contributed by atoms with van der Waals surface area (Å²) in [6.45, 7) is 0. The molecule has 0 aliphatic rings. The summed E-state index contributed by atoms with van der Waals surface area (Å²) in [5.41, 5.74) is 0.178. The molecule has 66 valence electrons. The predicted octanol–water partition coefficient (Wildman–Crippen LogP) is 0.0457. The molecule has 0 bridgehead atoms. The van der Waals surface area contributed by atoms with Crippen LogP contribution < -0.4 is 4.65 Å². The van der Waals surface area contributed by atoms with Gasteiger partial charge in [-0.1, -0.05) is 0 Å². The van der Waals surface area contributed by atoms with Crippen molar-refractivity contribution in [2.75, 3.05) is 0 Å². The van der Waals surface area contributed by atoms with E-state index in [4.69, 9.17) is 15.3 Å². The Morgan fingerprint density at radius 2 is 2.15 bits per heavy atom. The van der Waals surface area contributed by atoms with E-state index in [-0.39, 0.29) is 11.3 Å². The van der Waals surface area contributed by atoms with E-state index < -0.39 is 13.1 Å². The first-order valence-corrected chi connectivity index (χ1v) is 3.36. The Kier molecular flexibility index (Phi) is 2.85. The van der Waals surface area contributed by atoms with Gasteiger partial charge < -0.3 is 14.7 Å². The molecular formula is C7H5BFNO3. The van der Waals surface area contributed by atoms with Gasteiger partial charge in [-0.2, -0.15) is 5.26 Å². The quantitative estimate of drug-likeness (QED) is 0.631. The van der Waals surface area contributed by atoms with Crippen molar-refractivity contribution in [3.8, 4) is 11.8 Å². The number of halogens is 1. The van der Waals surface area contributed by atoms with Crippen LogP contribution in [-0.4, -0.2) is 17.4 Å². The summed E-state index contributed by atoms with van der Waals surface area (Å²) in [6.07, 6.45) is 0. The Morgan fingerprint density at radius 1 is 1.46 bits per heavy atom. The van der Waals surface area contributed by atoms with Crippen LogP contribution >= 0.6 is 0 Å². The molecule has 0 spiro atoms. The molecule has 0 unspecified atom stereocenters. The van der Waals surface area contributed by atoms with Crippen LogP contribution in [-0.2, 0) is 0 Å². The maximum absolute atomic E-state index is 12.8. The van der Waals surface area contributed by atoms with E-state index in [0.29, 0.717) is 0 Å². The highest BCUT2D eigenvalue weighted by molar-refractivity contribution is 6.33. The highest BCUT2D eigenvalue weighted by Crippen LogP contribution is 2.18. The lowest BCUT2D eigenvalue weighted by molar-refractivity contribution is 0.281. The second-order valence-corrected chi connectivity index (χ2v) is 2.20. The van der Waals surface area contributed by atoms with Crippen LogP contribution in [0.2, 0.25) is 0 Å². The van der Waals surface area contributed by atoms with Gasteiger partial charge >= 0.3 is 7.32 Å². The molecule has 0 aliphatic carbocycles. The molecule has 1 aromatic carbocycles. The summed E-state index contributed by atoms with van der Waals surface area (Å²) in [5, 5.41) is 25.2. The Labute approximate surface area is 74.0 Å². The van der Waals surface area contributed by atoms with E-state index >= 15 is 0 Å². The zero-order valence-corrected chi connectivity index (χ0v) is 6.44. The zero-order chi connectivity index (χ0) is 9.84. The number of nitriles is 1. The summed E-state index contributed by atoms with van der Waals surface area (Å²) in [5.74, 6) is -1.12. The smallest absolute Gasteiger partial charge is 0.510 e. The maximum atomic E-state index is 12.8. The highest BCUT2D eigenvalue weighted by Gasteiger charge is 2.14. The number of hydrogen-bond acceptors (Lipinski definition) is 4. The lowest BCUT2D eigenvalue weighted by atomic mass is 10.2. The third-order valence-corrected chi connectivity index (χ3v) is 1.29. The van der Waals surface area contributed by atoms with E-state index in [1.807, 2.05) is 0 Å². The molecule has 0 saturated heterocycles. The highest BCUT2D eigenvalue weighted by atomic mass is 19.1. The van der Waals surface area contributed by atoms with Crippen LogP contribution in [0.1, 0.15) is 5.56 Å². The van der Waals surface area contributed by atoms with Gasteiger partial charge in [-0.25, -0.2) is 4.39 Å². The van der Waals surface area contributed by atoms with E-state index in [1.54, 1.807) is 6.07 Å². The SMILES string of the molecule is N#Cc1ccc(F)c(OB(O)O)c1. The molecular weight excluding hydrogens is 176 g/mol. The molecule has 0 aliphatic heterocycles. The molecule has 4 nitrogen and oxygen atoms in total. The summed E-state index contributed by atoms with van der Waals surface area (Å²) in [6, 6.07) is 5.10. The van der Waals surface area contributed by atoms with Crippen molar-refractivity contribution in [3.63, 3.8) is 0 Å². The van der Waals surface area contributed by atoms with Crippen molar-refractivity contribution in [3.05, 3.63) is 29.6 Å². The molecule has 0 saturated carbocycles. The molecule has 1 aromatic rings. The number of hydrogen-bond donors (Lipinski definition) is 2. The van der Waals surface area contributed by atoms with Crippen molar-refractivity contribution >= 4 is 7.32 Å². The third-order valence-electron chi connectivity index (χ3n) is 1.29. The van der Waals surface area contributed by atoms with Gasteiger partial charge in [-0.05, 0) is 18.2 Å². The van der Waals surface area contributed by atoms with Crippen LogP contribution in [0.25, 0.3) is 0 Å². The van der Waals surface area contributed by atoms with Crippen molar-refractivity contribution in [2.45, 2.75) is 0 Å². The van der Waals surface area contributed by atoms with E-state index in [0.717, 1.165) is 12.1 Å². The normalized spacial score (nSPS) is 9.08. The van der Waals surface area contributed by atoms with E-state index in [1.165, 1.54) is 6.07 Å². The summed E-state index contributed by atoms with van der Waals surface area (Å²) in [4.78, 5) is 0. The average Bonchev–Trinajstić information content (AvgIpc) is 2.08. The Balaban J connectivity index is 2.99. The standard InChI is InChI=1S/C7H5BFNO3/c9-6-2-1-5(4-10)3-7(6)13-8(11)12/h1-3,11-12H. The molecule has 0 atom stereocenters. The number of nitrogens with zero attached hydrogens (tertiary/aromatic N) is 1. The van der Waals surface area contributed by atoms with Gasteiger partial charge in [0.2, 0.25) is 0 Å². The summed E-state index contributed by atoms with van der Waals surface area (Å²) >= 11 is 0. The first kappa shape index (κ1) is 9.51. The van der Waals surface area contributed by atoms with Gasteiger partial charge in [0, 0.05) is 0 Å². The van der Waals surface area contributed by atoms with Crippen molar-refractivity contribution < 1.29 is 19.1 Å². The van der Waals surface area contributed by atoms with Crippen LogP contribution in [0.5, 0.6) is 5.75 Å². The van der Waals surface area contributed by atoms with E-state index in [9.17, 15) is 4.39 Å². The van der Waals surface area contributed by atoms with Crippen molar-refractivity contribution in [1.82, 2.24) is 0 Å². The van der Waals surface area contributed by atoms with Crippen LogP contribution in [0, 0.1) is 17.1 Å². The van der Waals surface area contributed by atoms with Gasteiger partial charge in [0.15, 0.2) is 5.82 Å². The Morgan fingerprint density at radius 3 is 2.69 bits per heavy atom. The van der Waals surface area contributed by atoms with Crippen LogP contribution in [0.3, 0.4) is 0 Å². The van der Waals surface area contributed by atoms with Gasteiger partial charge in [0.1, 0.15) is 5.75 Å². The fourth-order valence-corrected chi connectivity index (χ4v) is 0.777. The minimum atomic E-state index is -2.09. The molecule has 2 N–H and O–H groups in total. The van der Waals surface area contributed by atoms with Crippen LogP contribution in [0.15, 0.2) is 18.2 Å². The molecule has 0 fully saturated rings. The molecule has 6 heteroatoms. The Bertz CT molecular complexity index is 350. The first-order chi connectivity index (χ1) is 6.13. The number of benzene rings is 1. The van der Waals surface area contributed by atoms with Crippen molar-refractivity contribution in [2.24, 2.45) is 0 Å². The van der Waals surface area contributed by atoms with Crippen LogP contribution in [0.4, 0.5) is 4.39 Å². The Hall–Kier alpha value is -1.58. The summed E-state index contributed by atoms with van der Waals surface area (Å²) < 4.78 is 17.1. The fourth-order valence-electron chi connectivity index (χ4n) is 0.777. The van der Waals surface area contributed by atoms with Gasteiger partial charge in [0.25, 0.3) is 0 Å². The van der Waals surface area contributed by atoms with Gasteiger partial charge in [-0.15, -0.1) is 0 Å². The first-order valence-electron chi connectivity index (χ1n) is 3.36. The molecule has 1 rings (SSSR count). The second kappa shape index (κ2) is 3.89. The fraction of sp³-hybridized carbons (Fsp3) is 0. The third kappa shape index (κ3) is 2.44.